The lowest BCUT2D eigenvalue weighted by atomic mass is 10.1. The molecule has 0 aromatic carbocycles. The van der Waals surface area contributed by atoms with Crippen molar-refractivity contribution in [3.8, 4) is 0 Å². The summed E-state index contributed by atoms with van der Waals surface area (Å²) in [5.41, 5.74) is 5.61. The van der Waals surface area contributed by atoms with Gasteiger partial charge in [0.15, 0.2) is 0 Å². The summed E-state index contributed by atoms with van der Waals surface area (Å²) in [6.07, 6.45) is 0. The molecule has 0 aliphatic carbocycles. The molecule has 5 nitrogen and oxygen atoms in total. The van der Waals surface area contributed by atoms with Crippen molar-refractivity contribution in [2.75, 3.05) is 27.2 Å². The van der Waals surface area contributed by atoms with Gasteiger partial charge in [0.2, 0.25) is 10.0 Å². The van der Waals surface area contributed by atoms with E-state index < -0.39 is 10.0 Å². The predicted octanol–water partition coefficient (Wildman–Crippen LogP) is 0.777. The topological polar surface area (TPSA) is 66.6 Å². The van der Waals surface area contributed by atoms with Crippen molar-refractivity contribution in [1.82, 2.24) is 9.21 Å². The monoisotopic (exact) mass is 303 g/mol. The van der Waals surface area contributed by atoms with Crippen LogP contribution in [-0.2, 0) is 16.6 Å². The van der Waals surface area contributed by atoms with Crippen LogP contribution in [0.25, 0.3) is 0 Å². The van der Waals surface area contributed by atoms with Gasteiger partial charge in [-0.1, -0.05) is 6.92 Å². The Morgan fingerprint density at radius 3 is 2.68 bits per heavy atom. The molecule has 0 amide bonds. The van der Waals surface area contributed by atoms with Gasteiger partial charge in [-0.2, -0.15) is 4.31 Å². The third kappa shape index (κ3) is 2.71. The average Bonchev–Trinajstić information content (AvgIpc) is 2.94. The second-order valence-corrected chi connectivity index (χ2v) is 8.15. The van der Waals surface area contributed by atoms with Crippen LogP contribution < -0.4 is 5.73 Å². The van der Waals surface area contributed by atoms with Crippen LogP contribution in [0, 0.1) is 5.92 Å². The first-order valence-corrected chi connectivity index (χ1v) is 8.63. The van der Waals surface area contributed by atoms with Crippen LogP contribution in [0.2, 0.25) is 0 Å². The van der Waals surface area contributed by atoms with Crippen molar-refractivity contribution in [2.24, 2.45) is 11.7 Å². The normalized spacial score (nSPS) is 25.3. The number of likely N-dealkylation sites (N-methyl/N-ethyl adjacent to an activating group) is 1. The van der Waals surface area contributed by atoms with E-state index in [1.807, 2.05) is 14.1 Å². The minimum absolute atomic E-state index is 0.271. The number of thiophene rings is 1. The van der Waals surface area contributed by atoms with Crippen LogP contribution in [0.5, 0.6) is 0 Å². The predicted molar refractivity (Wildman–Crippen MR) is 77.6 cm³/mol. The maximum atomic E-state index is 12.6. The highest BCUT2D eigenvalue weighted by atomic mass is 32.2. The second kappa shape index (κ2) is 5.49. The van der Waals surface area contributed by atoms with Crippen molar-refractivity contribution in [1.29, 1.82) is 0 Å². The molecule has 108 valence electrons. The molecule has 0 radical (unpaired) electrons. The summed E-state index contributed by atoms with van der Waals surface area (Å²) in [7, 11) is 0.586. The lowest BCUT2D eigenvalue weighted by Crippen LogP contribution is -2.35. The minimum Gasteiger partial charge on any atom is -0.326 e. The molecule has 2 atom stereocenters. The highest BCUT2D eigenvalue weighted by Crippen LogP contribution is 2.30. The van der Waals surface area contributed by atoms with Gasteiger partial charge in [0.05, 0.1) is 4.90 Å². The Morgan fingerprint density at radius 1 is 1.47 bits per heavy atom. The zero-order valence-corrected chi connectivity index (χ0v) is 13.2. The molecule has 2 rings (SSSR count). The first kappa shape index (κ1) is 14.9. The van der Waals surface area contributed by atoms with Gasteiger partial charge in [0.25, 0.3) is 0 Å². The van der Waals surface area contributed by atoms with Gasteiger partial charge in [-0.25, -0.2) is 8.42 Å². The summed E-state index contributed by atoms with van der Waals surface area (Å²) >= 11 is 1.40. The van der Waals surface area contributed by atoms with E-state index >= 15 is 0 Å². The third-order valence-electron chi connectivity index (χ3n) is 3.71. The minimum atomic E-state index is -3.40. The zero-order chi connectivity index (χ0) is 14.2. The summed E-state index contributed by atoms with van der Waals surface area (Å²) in [6.45, 7) is 3.49. The smallest absolute Gasteiger partial charge is 0.244 e. The lowest BCUT2D eigenvalue weighted by Gasteiger charge is -2.22. The SMILES string of the molecule is CC1CN(S(=O)(=O)c2ccsc2CN)CC1N(C)C. The molecule has 1 fully saturated rings. The van der Waals surface area contributed by atoms with Crippen LogP contribution >= 0.6 is 11.3 Å². The molecule has 0 saturated carbocycles. The van der Waals surface area contributed by atoms with Gasteiger partial charge in [0.1, 0.15) is 0 Å². The van der Waals surface area contributed by atoms with Gasteiger partial charge in [-0.3, -0.25) is 0 Å². The van der Waals surface area contributed by atoms with Crippen LogP contribution in [0.15, 0.2) is 16.3 Å². The fourth-order valence-electron chi connectivity index (χ4n) is 2.62. The number of rotatable bonds is 4. The molecule has 2 N–H and O–H groups in total. The average molecular weight is 303 g/mol. The molecule has 19 heavy (non-hydrogen) atoms. The molecule has 0 bridgehead atoms. The molecule has 1 aliphatic rings. The molecule has 0 spiro atoms. The Kier molecular flexibility index (Phi) is 4.32. The van der Waals surface area contributed by atoms with Gasteiger partial charge in [-0.05, 0) is 31.5 Å². The van der Waals surface area contributed by atoms with E-state index in [2.05, 4.69) is 11.8 Å². The summed E-state index contributed by atoms with van der Waals surface area (Å²) < 4.78 is 26.9. The summed E-state index contributed by atoms with van der Waals surface area (Å²) in [5, 5.41) is 1.79. The maximum absolute atomic E-state index is 12.6. The first-order chi connectivity index (χ1) is 8.87. The van der Waals surface area contributed by atoms with Crippen molar-refractivity contribution < 1.29 is 8.42 Å². The number of nitrogens with two attached hydrogens (primary N) is 1. The Labute approximate surface area is 119 Å². The summed E-state index contributed by atoms with van der Waals surface area (Å²) in [6, 6.07) is 1.94. The van der Waals surface area contributed by atoms with Gasteiger partial charge >= 0.3 is 0 Å². The number of sulfonamides is 1. The van der Waals surface area contributed by atoms with Gasteiger partial charge in [0, 0.05) is 30.6 Å². The maximum Gasteiger partial charge on any atom is 0.244 e. The first-order valence-electron chi connectivity index (χ1n) is 6.31. The molecule has 2 unspecified atom stereocenters. The second-order valence-electron chi connectivity index (χ2n) is 5.24. The van der Waals surface area contributed by atoms with Crippen molar-refractivity contribution in [3.63, 3.8) is 0 Å². The number of hydrogen-bond donors (Lipinski definition) is 1. The van der Waals surface area contributed by atoms with E-state index in [9.17, 15) is 8.42 Å². The Balaban J connectivity index is 2.27. The number of hydrogen-bond acceptors (Lipinski definition) is 5. The molecule has 2 heterocycles. The van der Waals surface area contributed by atoms with Crippen molar-refractivity contribution >= 4 is 21.4 Å². The molecule has 1 aromatic heterocycles. The molecular weight excluding hydrogens is 282 g/mol. The Bertz CT molecular complexity index is 539. The van der Waals surface area contributed by atoms with E-state index in [1.165, 1.54) is 11.3 Å². The Hall–Kier alpha value is -0.470. The summed E-state index contributed by atoms with van der Waals surface area (Å²) in [5.74, 6) is 0.338. The highest BCUT2D eigenvalue weighted by molar-refractivity contribution is 7.89. The largest absolute Gasteiger partial charge is 0.326 e. The van der Waals surface area contributed by atoms with Crippen LogP contribution in [-0.4, -0.2) is 50.8 Å². The van der Waals surface area contributed by atoms with E-state index in [0.29, 0.717) is 23.9 Å². The molecule has 7 heteroatoms. The van der Waals surface area contributed by atoms with E-state index in [0.717, 1.165) is 4.88 Å². The molecule has 1 aromatic rings. The van der Waals surface area contributed by atoms with Crippen molar-refractivity contribution in [2.45, 2.75) is 24.4 Å². The summed E-state index contributed by atoms with van der Waals surface area (Å²) in [4.78, 5) is 3.21. The molecular formula is C12H21N3O2S2. The van der Waals surface area contributed by atoms with E-state index in [4.69, 9.17) is 5.73 Å². The fourth-order valence-corrected chi connectivity index (χ4v) is 5.49. The number of nitrogens with zero attached hydrogens (tertiary/aromatic N) is 2. The lowest BCUT2D eigenvalue weighted by molar-refractivity contribution is 0.263. The van der Waals surface area contributed by atoms with Crippen LogP contribution in [0.1, 0.15) is 11.8 Å². The van der Waals surface area contributed by atoms with E-state index in [-0.39, 0.29) is 12.6 Å². The third-order valence-corrected chi connectivity index (χ3v) is 6.70. The quantitative estimate of drug-likeness (QED) is 0.892. The van der Waals surface area contributed by atoms with Crippen LogP contribution in [0.3, 0.4) is 0 Å². The molecule has 1 saturated heterocycles. The van der Waals surface area contributed by atoms with Crippen molar-refractivity contribution in [3.05, 3.63) is 16.3 Å². The zero-order valence-electron chi connectivity index (χ0n) is 11.5. The van der Waals surface area contributed by atoms with Crippen LogP contribution in [0.4, 0.5) is 0 Å². The van der Waals surface area contributed by atoms with Gasteiger partial charge < -0.3 is 10.6 Å². The van der Waals surface area contributed by atoms with E-state index in [1.54, 1.807) is 15.8 Å². The highest BCUT2D eigenvalue weighted by Gasteiger charge is 2.38. The standard InChI is InChI=1S/C12H21N3O2S2/c1-9-7-15(8-10(9)14(2)3)19(16,17)12-4-5-18-11(12)6-13/h4-5,9-10H,6-8,13H2,1-3H3. The molecule has 1 aliphatic heterocycles. The van der Waals surface area contributed by atoms with Gasteiger partial charge in [-0.15, -0.1) is 11.3 Å². The Morgan fingerprint density at radius 2 is 2.16 bits per heavy atom. The fraction of sp³-hybridized carbons (Fsp3) is 0.667.